The summed E-state index contributed by atoms with van der Waals surface area (Å²) in [7, 11) is -4.03. The Morgan fingerprint density at radius 2 is 1.80 bits per heavy atom. The van der Waals surface area contributed by atoms with Crippen LogP contribution in [0.15, 0.2) is 41.3 Å². The van der Waals surface area contributed by atoms with Gasteiger partial charge in [0.15, 0.2) is 0 Å². The van der Waals surface area contributed by atoms with E-state index >= 15 is 0 Å². The molecule has 0 fully saturated rings. The van der Waals surface area contributed by atoms with E-state index in [4.69, 9.17) is 0 Å². The second kappa shape index (κ2) is 5.65. The van der Waals surface area contributed by atoms with Crippen LogP contribution in [0.2, 0.25) is 0 Å². The van der Waals surface area contributed by atoms with Crippen molar-refractivity contribution in [2.75, 3.05) is 4.72 Å². The molecule has 0 aliphatic carbocycles. The van der Waals surface area contributed by atoms with Gasteiger partial charge in [-0.25, -0.2) is 17.2 Å². The van der Waals surface area contributed by atoms with E-state index in [1.807, 2.05) is 22.6 Å². The van der Waals surface area contributed by atoms with E-state index in [9.17, 15) is 17.2 Å². The Labute approximate surface area is 129 Å². The second-order valence-corrected chi connectivity index (χ2v) is 7.04. The first-order chi connectivity index (χ1) is 9.29. The number of halogens is 3. The summed E-state index contributed by atoms with van der Waals surface area (Å²) in [5.41, 5.74) is 0.207. The zero-order valence-corrected chi connectivity index (χ0v) is 13.3. The van der Waals surface area contributed by atoms with Crippen LogP contribution in [0, 0.1) is 22.1 Å². The normalized spacial score (nSPS) is 11.4. The van der Waals surface area contributed by atoms with Crippen molar-refractivity contribution >= 4 is 38.3 Å². The van der Waals surface area contributed by atoms with Crippen LogP contribution in [0.3, 0.4) is 0 Å². The van der Waals surface area contributed by atoms with E-state index < -0.39 is 21.7 Å². The predicted octanol–water partition coefficient (Wildman–Crippen LogP) is 3.68. The summed E-state index contributed by atoms with van der Waals surface area (Å²) in [5.74, 6) is -1.35. The van der Waals surface area contributed by atoms with Crippen molar-refractivity contribution in [1.82, 2.24) is 0 Å². The van der Waals surface area contributed by atoms with Crippen LogP contribution in [-0.4, -0.2) is 8.42 Å². The highest BCUT2D eigenvalue weighted by molar-refractivity contribution is 14.1. The predicted molar refractivity (Wildman–Crippen MR) is 81.1 cm³/mol. The van der Waals surface area contributed by atoms with Gasteiger partial charge in [-0.1, -0.05) is 6.07 Å². The molecule has 0 saturated heterocycles. The SMILES string of the molecule is Cc1ccc(F)cc1S(=O)(=O)Nc1ccc(I)cc1F. The van der Waals surface area contributed by atoms with Crippen molar-refractivity contribution in [2.24, 2.45) is 0 Å². The van der Waals surface area contributed by atoms with Crippen LogP contribution < -0.4 is 4.72 Å². The van der Waals surface area contributed by atoms with Gasteiger partial charge in [0.25, 0.3) is 10.0 Å². The van der Waals surface area contributed by atoms with E-state index in [-0.39, 0.29) is 10.6 Å². The molecule has 0 saturated carbocycles. The van der Waals surface area contributed by atoms with Gasteiger partial charge < -0.3 is 0 Å². The smallest absolute Gasteiger partial charge is 0.262 e. The van der Waals surface area contributed by atoms with Crippen molar-refractivity contribution in [3.05, 3.63) is 57.2 Å². The minimum Gasteiger partial charge on any atom is -0.277 e. The molecule has 0 unspecified atom stereocenters. The molecule has 106 valence electrons. The Hall–Kier alpha value is -1.22. The van der Waals surface area contributed by atoms with Crippen molar-refractivity contribution in [1.29, 1.82) is 0 Å². The standard InChI is InChI=1S/C13H10F2INO2S/c1-8-2-3-9(14)6-13(8)20(18,19)17-12-5-4-10(16)7-11(12)15/h2-7,17H,1H3. The van der Waals surface area contributed by atoms with Crippen LogP contribution in [0.4, 0.5) is 14.5 Å². The molecule has 2 rings (SSSR count). The van der Waals surface area contributed by atoms with E-state index in [1.54, 1.807) is 6.07 Å². The summed E-state index contributed by atoms with van der Waals surface area (Å²) in [4.78, 5) is -0.213. The van der Waals surface area contributed by atoms with E-state index in [1.165, 1.54) is 31.2 Å². The number of benzene rings is 2. The minimum atomic E-state index is -4.03. The third kappa shape index (κ3) is 3.26. The maximum absolute atomic E-state index is 13.7. The highest BCUT2D eigenvalue weighted by Crippen LogP contribution is 2.23. The second-order valence-electron chi connectivity index (χ2n) is 4.14. The molecule has 7 heteroatoms. The van der Waals surface area contributed by atoms with Gasteiger partial charge in [-0.2, -0.15) is 0 Å². The van der Waals surface area contributed by atoms with E-state index in [0.717, 1.165) is 6.07 Å². The summed E-state index contributed by atoms with van der Waals surface area (Å²) in [6, 6.07) is 7.52. The van der Waals surface area contributed by atoms with Gasteiger partial charge in [-0.15, -0.1) is 0 Å². The van der Waals surface area contributed by atoms with Crippen LogP contribution >= 0.6 is 22.6 Å². The van der Waals surface area contributed by atoms with Crippen LogP contribution in [-0.2, 0) is 10.0 Å². The first-order valence-electron chi connectivity index (χ1n) is 5.53. The first kappa shape index (κ1) is 15.2. The fraction of sp³-hybridized carbons (Fsp3) is 0.0769. The summed E-state index contributed by atoms with van der Waals surface area (Å²) in [6.07, 6.45) is 0. The third-order valence-corrected chi connectivity index (χ3v) is 4.79. The molecular formula is C13H10F2INO2S. The van der Waals surface area contributed by atoms with Crippen molar-refractivity contribution in [3.63, 3.8) is 0 Å². The van der Waals surface area contributed by atoms with Gasteiger partial charge >= 0.3 is 0 Å². The number of rotatable bonds is 3. The lowest BCUT2D eigenvalue weighted by Crippen LogP contribution is -2.15. The quantitative estimate of drug-likeness (QED) is 0.787. The molecule has 0 aromatic heterocycles. The number of nitrogens with one attached hydrogen (secondary N) is 1. The number of aryl methyl sites for hydroxylation is 1. The molecule has 0 amide bonds. The summed E-state index contributed by atoms with van der Waals surface area (Å²) in [6.45, 7) is 1.54. The molecule has 0 spiro atoms. The molecule has 0 aliphatic rings. The zero-order valence-electron chi connectivity index (χ0n) is 10.3. The lowest BCUT2D eigenvalue weighted by molar-refractivity contribution is 0.592. The third-order valence-electron chi connectivity index (χ3n) is 2.62. The summed E-state index contributed by atoms with van der Waals surface area (Å²) in [5, 5.41) is 0. The fourth-order valence-electron chi connectivity index (χ4n) is 1.64. The summed E-state index contributed by atoms with van der Waals surface area (Å²) < 4.78 is 54.0. The molecule has 3 nitrogen and oxygen atoms in total. The molecular weight excluding hydrogens is 399 g/mol. The van der Waals surface area contributed by atoms with E-state index in [0.29, 0.717) is 9.13 Å². The molecule has 0 atom stereocenters. The lowest BCUT2D eigenvalue weighted by atomic mass is 10.2. The molecule has 0 bridgehead atoms. The van der Waals surface area contributed by atoms with Gasteiger partial charge in [-0.05, 0) is 65.4 Å². The Morgan fingerprint density at radius 1 is 1.10 bits per heavy atom. The summed E-state index contributed by atoms with van der Waals surface area (Å²) >= 11 is 1.91. The molecule has 0 radical (unpaired) electrons. The maximum Gasteiger partial charge on any atom is 0.262 e. The van der Waals surface area contributed by atoms with Crippen LogP contribution in [0.1, 0.15) is 5.56 Å². The average Bonchev–Trinajstić information content (AvgIpc) is 2.35. The van der Waals surface area contributed by atoms with Gasteiger partial charge in [0, 0.05) is 3.57 Å². The molecule has 2 aromatic carbocycles. The minimum absolute atomic E-state index is 0.172. The number of sulfonamides is 1. The van der Waals surface area contributed by atoms with Crippen molar-refractivity contribution < 1.29 is 17.2 Å². The van der Waals surface area contributed by atoms with Crippen LogP contribution in [0.25, 0.3) is 0 Å². The van der Waals surface area contributed by atoms with Gasteiger partial charge in [-0.3, -0.25) is 4.72 Å². The monoisotopic (exact) mass is 409 g/mol. The topological polar surface area (TPSA) is 46.2 Å². The Morgan fingerprint density at radius 3 is 2.45 bits per heavy atom. The van der Waals surface area contributed by atoms with Crippen molar-refractivity contribution in [2.45, 2.75) is 11.8 Å². The average molecular weight is 409 g/mol. The fourth-order valence-corrected chi connectivity index (χ4v) is 3.41. The Balaban J connectivity index is 2.43. The lowest BCUT2D eigenvalue weighted by Gasteiger charge is -2.11. The number of hydrogen-bond donors (Lipinski definition) is 1. The van der Waals surface area contributed by atoms with Crippen LogP contribution in [0.5, 0.6) is 0 Å². The Bertz CT molecular complexity index is 763. The van der Waals surface area contributed by atoms with Crippen molar-refractivity contribution in [3.8, 4) is 0 Å². The molecule has 0 aliphatic heterocycles. The zero-order chi connectivity index (χ0) is 14.9. The molecule has 2 aromatic rings. The Kier molecular flexibility index (Phi) is 4.28. The number of hydrogen-bond acceptors (Lipinski definition) is 2. The highest BCUT2D eigenvalue weighted by Gasteiger charge is 2.19. The molecule has 20 heavy (non-hydrogen) atoms. The molecule has 0 heterocycles. The van der Waals surface area contributed by atoms with Gasteiger partial charge in [0.2, 0.25) is 0 Å². The molecule has 1 N–H and O–H groups in total. The van der Waals surface area contributed by atoms with Gasteiger partial charge in [0.1, 0.15) is 11.6 Å². The van der Waals surface area contributed by atoms with E-state index in [2.05, 4.69) is 4.72 Å². The highest BCUT2D eigenvalue weighted by atomic mass is 127. The first-order valence-corrected chi connectivity index (χ1v) is 8.10. The largest absolute Gasteiger partial charge is 0.277 e. The maximum atomic E-state index is 13.7. The number of anilines is 1. The van der Waals surface area contributed by atoms with Gasteiger partial charge in [0.05, 0.1) is 10.6 Å².